The molecular formula is C22H22F3N5O3. The Kier molecular flexibility index (Phi) is 6.61. The number of nitrogens with zero attached hydrogens (tertiary/aromatic N) is 3. The topological polar surface area (TPSA) is 88.5 Å². The molecule has 0 spiro atoms. The number of fused-ring (bicyclic) bond motifs is 1. The maximum Gasteiger partial charge on any atom is 0.449 e. The highest BCUT2D eigenvalue weighted by atomic mass is 19.4. The van der Waals surface area contributed by atoms with E-state index in [9.17, 15) is 22.8 Å². The van der Waals surface area contributed by atoms with Gasteiger partial charge in [-0.2, -0.15) is 13.2 Å². The van der Waals surface area contributed by atoms with E-state index in [0.29, 0.717) is 37.7 Å². The number of hydrogen-bond donors (Lipinski definition) is 2. The summed E-state index contributed by atoms with van der Waals surface area (Å²) in [7, 11) is 0. The van der Waals surface area contributed by atoms with Gasteiger partial charge in [0.05, 0.1) is 30.8 Å². The van der Waals surface area contributed by atoms with E-state index in [1.165, 1.54) is 12.1 Å². The van der Waals surface area contributed by atoms with E-state index in [1.807, 2.05) is 4.90 Å². The Morgan fingerprint density at radius 1 is 0.909 bits per heavy atom. The fourth-order valence-electron chi connectivity index (χ4n) is 3.60. The Morgan fingerprint density at radius 3 is 2.09 bits per heavy atom. The lowest BCUT2D eigenvalue weighted by atomic mass is 10.2. The molecule has 1 aliphatic heterocycles. The molecule has 3 aromatic rings. The molecule has 2 amide bonds. The van der Waals surface area contributed by atoms with E-state index in [4.69, 9.17) is 4.74 Å². The van der Waals surface area contributed by atoms with Crippen molar-refractivity contribution in [3.63, 3.8) is 0 Å². The predicted octanol–water partition coefficient (Wildman–Crippen LogP) is 2.96. The van der Waals surface area contributed by atoms with Gasteiger partial charge >= 0.3 is 6.18 Å². The first-order chi connectivity index (χ1) is 15.8. The van der Waals surface area contributed by atoms with Crippen molar-refractivity contribution in [3.05, 3.63) is 54.4 Å². The van der Waals surface area contributed by atoms with Crippen LogP contribution in [0.25, 0.3) is 11.0 Å². The third-order valence-corrected chi connectivity index (χ3v) is 5.13. The molecule has 0 aliphatic carbocycles. The van der Waals surface area contributed by atoms with Crippen molar-refractivity contribution >= 4 is 34.2 Å². The van der Waals surface area contributed by atoms with E-state index in [-0.39, 0.29) is 23.5 Å². The highest BCUT2D eigenvalue weighted by molar-refractivity contribution is 5.94. The first kappa shape index (κ1) is 22.7. The van der Waals surface area contributed by atoms with Gasteiger partial charge in [0.1, 0.15) is 6.54 Å². The zero-order chi connectivity index (χ0) is 23.4. The van der Waals surface area contributed by atoms with Gasteiger partial charge < -0.3 is 19.9 Å². The fraction of sp³-hybridized carbons (Fsp3) is 0.318. The lowest BCUT2D eigenvalue weighted by Crippen LogP contribution is -2.41. The monoisotopic (exact) mass is 461 g/mol. The Labute approximate surface area is 187 Å². The number of ether oxygens (including phenoxy) is 1. The second-order valence-corrected chi connectivity index (χ2v) is 7.57. The van der Waals surface area contributed by atoms with Crippen LogP contribution in [-0.4, -0.2) is 59.1 Å². The normalized spacial score (nSPS) is 14.9. The zero-order valence-corrected chi connectivity index (χ0v) is 17.6. The number of halogens is 3. The van der Waals surface area contributed by atoms with Gasteiger partial charge in [0, 0.05) is 24.5 Å². The summed E-state index contributed by atoms with van der Waals surface area (Å²) in [6, 6.07) is 12.5. The van der Waals surface area contributed by atoms with Crippen molar-refractivity contribution in [2.75, 3.05) is 43.5 Å². The number of aromatic nitrogens is 2. The van der Waals surface area contributed by atoms with Crippen molar-refractivity contribution in [1.29, 1.82) is 0 Å². The Hall–Kier alpha value is -3.44. The van der Waals surface area contributed by atoms with Gasteiger partial charge in [-0.25, -0.2) is 4.98 Å². The number of carbonyl (C=O) groups is 2. The van der Waals surface area contributed by atoms with Gasteiger partial charge in [0.25, 0.3) is 0 Å². The summed E-state index contributed by atoms with van der Waals surface area (Å²) in [6.07, 6.45) is -4.69. The number of alkyl halides is 3. The average Bonchev–Trinajstić information content (AvgIpc) is 3.15. The fourth-order valence-corrected chi connectivity index (χ4v) is 3.60. The second kappa shape index (κ2) is 9.59. The molecule has 2 N–H and O–H groups in total. The number of imidazole rings is 1. The highest BCUT2D eigenvalue weighted by Crippen LogP contribution is 2.31. The number of carbonyl (C=O) groups excluding carboxylic acids is 2. The minimum atomic E-state index is -4.69. The van der Waals surface area contributed by atoms with Gasteiger partial charge in [-0.1, -0.05) is 12.1 Å². The predicted molar refractivity (Wildman–Crippen MR) is 116 cm³/mol. The van der Waals surface area contributed by atoms with Crippen LogP contribution in [0, 0.1) is 0 Å². The molecule has 0 unspecified atom stereocenters. The van der Waals surface area contributed by atoms with Crippen LogP contribution in [0.3, 0.4) is 0 Å². The highest BCUT2D eigenvalue weighted by Gasteiger charge is 2.38. The maximum atomic E-state index is 13.4. The minimum Gasteiger partial charge on any atom is -0.379 e. The van der Waals surface area contributed by atoms with Crippen LogP contribution in [0.4, 0.5) is 24.5 Å². The molecule has 0 saturated carbocycles. The number of anilines is 2. The average molecular weight is 461 g/mol. The van der Waals surface area contributed by atoms with Gasteiger partial charge in [-0.15, -0.1) is 0 Å². The number of benzene rings is 2. The summed E-state index contributed by atoms with van der Waals surface area (Å²) >= 11 is 0. The van der Waals surface area contributed by atoms with Crippen molar-refractivity contribution in [1.82, 2.24) is 14.5 Å². The number of amides is 2. The van der Waals surface area contributed by atoms with Gasteiger partial charge in [0.2, 0.25) is 17.6 Å². The maximum absolute atomic E-state index is 13.4. The summed E-state index contributed by atoms with van der Waals surface area (Å²) in [6.45, 7) is 2.29. The molecular weight excluding hydrogens is 439 g/mol. The van der Waals surface area contributed by atoms with Gasteiger partial charge in [0.15, 0.2) is 0 Å². The van der Waals surface area contributed by atoms with Crippen LogP contribution in [0.2, 0.25) is 0 Å². The third-order valence-electron chi connectivity index (χ3n) is 5.13. The third kappa shape index (κ3) is 5.68. The smallest absolute Gasteiger partial charge is 0.379 e. The lowest BCUT2D eigenvalue weighted by molar-refractivity contribution is -0.147. The Bertz CT molecular complexity index is 1140. The van der Waals surface area contributed by atoms with Crippen LogP contribution in [0.5, 0.6) is 0 Å². The van der Waals surface area contributed by atoms with Crippen LogP contribution in [0.15, 0.2) is 48.5 Å². The van der Waals surface area contributed by atoms with E-state index in [1.54, 1.807) is 36.4 Å². The molecule has 33 heavy (non-hydrogen) atoms. The second-order valence-electron chi connectivity index (χ2n) is 7.57. The Morgan fingerprint density at radius 2 is 1.48 bits per heavy atom. The first-order valence-corrected chi connectivity index (χ1v) is 10.3. The van der Waals surface area contributed by atoms with Crippen molar-refractivity contribution in [3.8, 4) is 0 Å². The van der Waals surface area contributed by atoms with Gasteiger partial charge in [-0.05, 0) is 36.4 Å². The van der Waals surface area contributed by atoms with Crippen LogP contribution in [0.1, 0.15) is 5.82 Å². The first-order valence-electron chi connectivity index (χ1n) is 10.3. The summed E-state index contributed by atoms with van der Waals surface area (Å²) in [5, 5.41) is 5.36. The quantitative estimate of drug-likeness (QED) is 0.589. The van der Waals surface area contributed by atoms with Crippen LogP contribution < -0.4 is 10.6 Å². The van der Waals surface area contributed by atoms with Crippen molar-refractivity contribution in [2.24, 2.45) is 0 Å². The molecule has 0 atom stereocenters. The molecule has 2 heterocycles. The molecule has 4 rings (SSSR count). The molecule has 1 aromatic heterocycles. The Balaban J connectivity index is 1.38. The molecule has 2 aromatic carbocycles. The molecule has 8 nitrogen and oxygen atoms in total. The summed E-state index contributed by atoms with van der Waals surface area (Å²) in [5.41, 5.74) is 1.32. The summed E-state index contributed by atoms with van der Waals surface area (Å²) in [4.78, 5) is 30.3. The van der Waals surface area contributed by atoms with Crippen molar-refractivity contribution < 1.29 is 27.5 Å². The molecule has 11 heteroatoms. The van der Waals surface area contributed by atoms with E-state index in [2.05, 4.69) is 15.6 Å². The number of para-hydroxylation sites is 2. The minimum absolute atomic E-state index is 0.162. The largest absolute Gasteiger partial charge is 0.449 e. The van der Waals surface area contributed by atoms with E-state index < -0.39 is 24.5 Å². The number of rotatable bonds is 6. The lowest BCUT2D eigenvalue weighted by Gasteiger charge is -2.25. The van der Waals surface area contributed by atoms with Crippen molar-refractivity contribution in [2.45, 2.75) is 12.7 Å². The SMILES string of the molecule is O=C(CN1CCOCC1)Nc1ccc(NC(=O)Cn2c(C(F)(F)F)nc3ccccc32)cc1. The van der Waals surface area contributed by atoms with E-state index >= 15 is 0 Å². The summed E-state index contributed by atoms with van der Waals surface area (Å²) < 4.78 is 46.3. The molecule has 1 saturated heterocycles. The standard InChI is InChI=1S/C22H22F3N5O3/c23-22(24,25)21-28-17-3-1-2-4-18(17)30(21)14-20(32)27-16-7-5-15(6-8-16)26-19(31)13-29-9-11-33-12-10-29/h1-8H,9-14H2,(H,26,31)(H,27,32). The molecule has 0 bridgehead atoms. The molecule has 1 fully saturated rings. The van der Waals surface area contributed by atoms with E-state index in [0.717, 1.165) is 4.57 Å². The zero-order valence-electron chi connectivity index (χ0n) is 17.6. The molecule has 1 aliphatic rings. The molecule has 174 valence electrons. The van der Waals surface area contributed by atoms with Crippen LogP contribution >= 0.6 is 0 Å². The number of nitrogens with one attached hydrogen (secondary N) is 2. The van der Waals surface area contributed by atoms with Gasteiger partial charge in [-0.3, -0.25) is 14.5 Å². The molecule has 0 radical (unpaired) electrons. The summed E-state index contributed by atoms with van der Waals surface area (Å²) in [5.74, 6) is -1.93. The number of hydrogen-bond acceptors (Lipinski definition) is 5. The van der Waals surface area contributed by atoms with Crippen LogP contribution in [-0.2, 0) is 27.0 Å². The number of morpholine rings is 1.